The second-order valence-electron chi connectivity index (χ2n) is 6.57. The lowest BCUT2D eigenvalue weighted by atomic mass is 10.1. The van der Waals surface area contributed by atoms with Gasteiger partial charge in [0.15, 0.2) is 11.7 Å². The van der Waals surface area contributed by atoms with Crippen molar-refractivity contribution in [3.63, 3.8) is 0 Å². The van der Waals surface area contributed by atoms with Gasteiger partial charge in [-0.1, -0.05) is 29.8 Å². The van der Waals surface area contributed by atoms with E-state index >= 15 is 0 Å². The average molecular weight is 389 g/mol. The first-order valence-corrected chi connectivity index (χ1v) is 9.39. The normalized spacial score (nSPS) is 14.1. The Labute approximate surface area is 168 Å². The quantitative estimate of drug-likeness (QED) is 0.680. The number of hydrogen-bond donors (Lipinski definition) is 0. The van der Waals surface area contributed by atoms with E-state index in [-0.39, 0.29) is 0 Å². The average Bonchev–Trinajstić information content (AvgIpc) is 2.74. The molecule has 1 aliphatic rings. The molecule has 0 N–H and O–H groups in total. The van der Waals surface area contributed by atoms with Crippen molar-refractivity contribution in [3.05, 3.63) is 59.2 Å². The van der Waals surface area contributed by atoms with Gasteiger partial charge in [0.25, 0.3) is 0 Å². The number of nitriles is 2. The van der Waals surface area contributed by atoms with E-state index in [1.54, 1.807) is 0 Å². The SMILES string of the molecule is N#CC(C#N)c1nc2ccccc2nc1N1CCN(c2cccc(Cl)c2)CC1. The Balaban J connectivity index is 1.65. The van der Waals surface area contributed by atoms with Gasteiger partial charge in [0.1, 0.15) is 5.69 Å². The zero-order valence-corrected chi connectivity index (χ0v) is 15.8. The van der Waals surface area contributed by atoms with Crippen molar-refractivity contribution in [1.82, 2.24) is 9.97 Å². The third-order valence-corrected chi connectivity index (χ3v) is 5.10. The molecule has 0 aliphatic carbocycles. The largest absolute Gasteiger partial charge is 0.368 e. The van der Waals surface area contributed by atoms with Crippen molar-refractivity contribution in [2.24, 2.45) is 0 Å². The van der Waals surface area contributed by atoms with Crippen molar-refractivity contribution >= 4 is 34.1 Å². The van der Waals surface area contributed by atoms with Gasteiger partial charge >= 0.3 is 0 Å². The molecule has 7 heteroatoms. The van der Waals surface area contributed by atoms with Crippen LogP contribution in [-0.4, -0.2) is 36.1 Å². The van der Waals surface area contributed by atoms with Crippen molar-refractivity contribution in [2.75, 3.05) is 36.0 Å². The summed E-state index contributed by atoms with van der Waals surface area (Å²) in [6.07, 6.45) is 0. The Morgan fingerprint density at radius 1 is 0.857 bits per heavy atom. The molecule has 0 amide bonds. The molecule has 0 unspecified atom stereocenters. The van der Waals surface area contributed by atoms with Crippen LogP contribution in [-0.2, 0) is 0 Å². The summed E-state index contributed by atoms with van der Waals surface area (Å²) in [5.74, 6) is -0.324. The van der Waals surface area contributed by atoms with E-state index in [1.807, 2.05) is 60.7 Å². The fraction of sp³-hybridized carbons (Fsp3) is 0.238. The summed E-state index contributed by atoms with van der Waals surface area (Å²) in [5, 5.41) is 19.5. The first-order chi connectivity index (χ1) is 13.7. The molecule has 6 nitrogen and oxygen atoms in total. The van der Waals surface area contributed by atoms with Gasteiger partial charge in [-0.15, -0.1) is 0 Å². The summed E-state index contributed by atoms with van der Waals surface area (Å²) >= 11 is 6.12. The number of benzene rings is 2. The Bertz CT molecular complexity index is 1080. The molecule has 1 aromatic heterocycles. The Morgan fingerprint density at radius 2 is 1.50 bits per heavy atom. The predicted molar refractivity (Wildman–Crippen MR) is 109 cm³/mol. The maximum absolute atomic E-state index is 9.41. The van der Waals surface area contributed by atoms with E-state index in [0.717, 1.165) is 37.4 Å². The van der Waals surface area contributed by atoms with Crippen molar-refractivity contribution in [3.8, 4) is 12.1 Å². The molecule has 2 aromatic carbocycles. The van der Waals surface area contributed by atoms with E-state index < -0.39 is 5.92 Å². The zero-order valence-electron chi connectivity index (χ0n) is 15.1. The molecule has 0 spiro atoms. The maximum Gasteiger partial charge on any atom is 0.178 e. The number of rotatable bonds is 3. The standard InChI is InChI=1S/C21H17ClN6/c22-16-4-3-5-17(12-16)27-8-10-28(11-9-27)21-20(15(13-23)14-24)25-18-6-1-2-7-19(18)26-21/h1-7,12,15H,8-11H2. The molecule has 0 saturated carbocycles. The molecule has 138 valence electrons. The number of anilines is 2. The molecule has 1 saturated heterocycles. The van der Waals surface area contributed by atoms with E-state index in [4.69, 9.17) is 16.6 Å². The van der Waals surface area contributed by atoms with E-state index in [9.17, 15) is 10.5 Å². The summed E-state index contributed by atoms with van der Waals surface area (Å²) in [7, 11) is 0. The van der Waals surface area contributed by atoms with Crippen LogP contribution in [0.3, 0.4) is 0 Å². The Kier molecular flexibility index (Phi) is 4.97. The number of para-hydroxylation sites is 2. The van der Waals surface area contributed by atoms with E-state index in [2.05, 4.69) is 14.8 Å². The number of aromatic nitrogens is 2. The lowest BCUT2D eigenvalue weighted by Crippen LogP contribution is -2.47. The van der Waals surface area contributed by atoms with Gasteiger partial charge in [0.05, 0.1) is 23.2 Å². The third-order valence-electron chi connectivity index (χ3n) is 4.86. The lowest BCUT2D eigenvalue weighted by Gasteiger charge is -2.37. The van der Waals surface area contributed by atoms with Gasteiger partial charge in [-0.3, -0.25) is 0 Å². The highest BCUT2D eigenvalue weighted by Crippen LogP contribution is 2.28. The summed E-state index contributed by atoms with van der Waals surface area (Å²) in [4.78, 5) is 13.7. The van der Waals surface area contributed by atoms with Gasteiger partial charge in [-0.25, -0.2) is 9.97 Å². The molecular weight excluding hydrogens is 372 g/mol. The van der Waals surface area contributed by atoms with Crippen LogP contribution in [0.2, 0.25) is 5.02 Å². The minimum absolute atomic E-state index is 0.430. The zero-order chi connectivity index (χ0) is 19.5. The first kappa shape index (κ1) is 18.0. The second kappa shape index (κ2) is 7.72. The molecule has 3 aromatic rings. The lowest BCUT2D eigenvalue weighted by molar-refractivity contribution is 0.644. The fourth-order valence-electron chi connectivity index (χ4n) is 3.43. The van der Waals surface area contributed by atoms with Crippen molar-refractivity contribution in [2.45, 2.75) is 5.92 Å². The molecule has 1 fully saturated rings. The minimum atomic E-state index is -0.946. The van der Waals surface area contributed by atoms with Crippen LogP contribution < -0.4 is 9.80 Å². The summed E-state index contributed by atoms with van der Waals surface area (Å²) in [6.45, 7) is 3.02. The second-order valence-corrected chi connectivity index (χ2v) is 7.00. The van der Waals surface area contributed by atoms with Crippen molar-refractivity contribution < 1.29 is 0 Å². The number of nitrogens with zero attached hydrogens (tertiary/aromatic N) is 6. The third kappa shape index (κ3) is 3.43. The van der Waals surface area contributed by atoms with E-state index in [0.29, 0.717) is 22.1 Å². The maximum atomic E-state index is 9.41. The highest BCUT2D eigenvalue weighted by Gasteiger charge is 2.26. The minimum Gasteiger partial charge on any atom is -0.368 e. The molecule has 2 heterocycles. The summed E-state index contributed by atoms with van der Waals surface area (Å²) in [6, 6.07) is 19.4. The van der Waals surface area contributed by atoms with Crippen molar-refractivity contribution in [1.29, 1.82) is 10.5 Å². The predicted octanol–water partition coefficient (Wildman–Crippen LogP) is 3.74. The number of piperazine rings is 1. The van der Waals surface area contributed by atoms with Gasteiger partial charge < -0.3 is 9.80 Å². The molecule has 0 bridgehead atoms. The van der Waals surface area contributed by atoms with Crippen LogP contribution in [0, 0.1) is 22.7 Å². The molecule has 1 aliphatic heterocycles. The van der Waals surface area contributed by atoms with E-state index in [1.165, 1.54) is 0 Å². The van der Waals surface area contributed by atoms with Gasteiger partial charge in [-0.05, 0) is 30.3 Å². The topological polar surface area (TPSA) is 79.8 Å². The summed E-state index contributed by atoms with van der Waals surface area (Å²) < 4.78 is 0. The molecular formula is C21H17ClN6. The highest BCUT2D eigenvalue weighted by molar-refractivity contribution is 6.30. The van der Waals surface area contributed by atoms with Crippen LogP contribution in [0.15, 0.2) is 48.5 Å². The van der Waals surface area contributed by atoms with Crippen LogP contribution >= 0.6 is 11.6 Å². The Hall–Kier alpha value is -3.35. The van der Waals surface area contributed by atoms with Crippen LogP contribution in [0.25, 0.3) is 11.0 Å². The van der Waals surface area contributed by atoms with Gasteiger partial charge in [0, 0.05) is 36.9 Å². The van der Waals surface area contributed by atoms with Crippen LogP contribution in [0.5, 0.6) is 0 Å². The smallest absolute Gasteiger partial charge is 0.178 e. The first-order valence-electron chi connectivity index (χ1n) is 9.01. The van der Waals surface area contributed by atoms with Gasteiger partial charge in [-0.2, -0.15) is 10.5 Å². The number of halogens is 1. The summed E-state index contributed by atoms with van der Waals surface area (Å²) in [5.41, 5.74) is 2.96. The monoisotopic (exact) mass is 388 g/mol. The molecule has 0 atom stereocenters. The number of hydrogen-bond acceptors (Lipinski definition) is 6. The highest BCUT2D eigenvalue weighted by atomic mass is 35.5. The van der Waals surface area contributed by atoms with Gasteiger partial charge in [0.2, 0.25) is 0 Å². The molecule has 28 heavy (non-hydrogen) atoms. The van der Waals surface area contributed by atoms with Crippen LogP contribution in [0.4, 0.5) is 11.5 Å². The molecule has 4 rings (SSSR count). The number of fused-ring (bicyclic) bond motifs is 1. The fourth-order valence-corrected chi connectivity index (χ4v) is 3.62. The van der Waals surface area contributed by atoms with Crippen LogP contribution in [0.1, 0.15) is 11.6 Å². The molecule has 0 radical (unpaired) electrons. The Morgan fingerprint density at radius 3 is 2.14 bits per heavy atom.